The number of hydrogen-bond donors (Lipinski definition) is 2. The van der Waals surface area contributed by atoms with Gasteiger partial charge in [0.15, 0.2) is 0 Å². The van der Waals surface area contributed by atoms with Crippen molar-refractivity contribution in [3.8, 4) is 0 Å². The number of carbonyl (C=O) groups is 1. The first-order chi connectivity index (χ1) is 7.72. The quantitative estimate of drug-likeness (QED) is 0.785. The standard InChI is InChI=1S/C11H18N4O/c1-2-5-15-7-13-6-9(15)11-8(12)3-4-10(16)14-11/h6-8,11H,2-5,12H2,1H3,(H,14,16). The Labute approximate surface area is 95.0 Å². The van der Waals surface area contributed by atoms with E-state index in [0.717, 1.165) is 25.1 Å². The maximum atomic E-state index is 11.4. The normalized spacial score (nSPS) is 25.5. The lowest BCUT2D eigenvalue weighted by molar-refractivity contribution is -0.123. The van der Waals surface area contributed by atoms with Gasteiger partial charge in [-0.3, -0.25) is 4.79 Å². The molecule has 1 aromatic rings. The second kappa shape index (κ2) is 4.65. The van der Waals surface area contributed by atoms with Crippen LogP contribution >= 0.6 is 0 Å². The average molecular weight is 222 g/mol. The van der Waals surface area contributed by atoms with Crippen molar-refractivity contribution in [3.05, 3.63) is 18.2 Å². The van der Waals surface area contributed by atoms with Crippen LogP contribution in [0.5, 0.6) is 0 Å². The van der Waals surface area contributed by atoms with Gasteiger partial charge in [0, 0.05) is 19.0 Å². The fraction of sp³-hybridized carbons (Fsp3) is 0.636. The maximum absolute atomic E-state index is 11.4. The summed E-state index contributed by atoms with van der Waals surface area (Å²) in [6.07, 6.45) is 5.91. The van der Waals surface area contributed by atoms with Crippen LogP contribution in [-0.4, -0.2) is 21.5 Å². The SMILES string of the molecule is CCCn1cncc1C1NC(=O)CCC1N. The van der Waals surface area contributed by atoms with E-state index in [1.54, 1.807) is 12.5 Å². The molecule has 1 fully saturated rings. The first-order valence-corrected chi connectivity index (χ1v) is 5.77. The maximum Gasteiger partial charge on any atom is 0.220 e. The minimum Gasteiger partial charge on any atom is -0.346 e. The Balaban J connectivity index is 2.20. The highest BCUT2D eigenvalue weighted by Crippen LogP contribution is 2.22. The molecule has 0 bridgehead atoms. The van der Waals surface area contributed by atoms with E-state index in [9.17, 15) is 4.79 Å². The minimum atomic E-state index is -0.0877. The van der Waals surface area contributed by atoms with Gasteiger partial charge < -0.3 is 15.6 Å². The second-order valence-electron chi connectivity index (χ2n) is 4.26. The number of imidazole rings is 1. The van der Waals surface area contributed by atoms with E-state index >= 15 is 0 Å². The molecular formula is C11H18N4O. The van der Waals surface area contributed by atoms with Crippen molar-refractivity contribution >= 4 is 5.91 Å². The fourth-order valence-electron chi connectivity index (χ4n) is 2.13. The highest BCUT2D eigenvalue weighted by atomic mass is 16.1. The Kier molecular flexibility index (Phi) is 3.24. The highest BCUT2D eigenvalue weighted by molar-refractivity contribution is 5.77. The zero-order chi connectivity index (χ0) is 11.5. The van der Waals surface area contributed by atoms with Gasteiger partial charge in [0.25, 0.3) is 0 Å². The zero-order valence-electron chi connectivity index (χ0n) is 9.52. The summed E-state index contributed by atoms with van der Waals surface area (Å²) in [7, 11) is 0. The minimum absolute atomic E-state index is 0.00925. The van der Waals surface area contributed by atoms with Crippen LogP contribution in [0.4, 0.5) is 0 Å². The molecule has 1 aromatic heterocycles. The van der Waals surface area contributed by atoms with Crippen molar-refractivity contribution in [1.82, 2.24) is 14.9 Å². The van der Waals surface area contributed by atoms with Gasteiger partial charge in [-0.25, -0.2) is 4.98 Å². The van der Waals surface area contributed by atoms with Crippen molar-refractivity contribution in [2.24, 2.45) is 5.73 Å². The van der Waals surface area contributed by atoms with Crippen molar-refractivity contribution in [1.29, 1.82) is 0 Å². The summed E-state index contributed by atoms with van der Waals surface area (Å²) in [5.41, 5.74) is 7.06. The van der Waals surface area contributed by atoms with Crippen LogP contribution in [0.25, 0.3) is 0 Å². The summed E-state index contributed by atoms with van der Waals surface area (Å²) in [4.78, 5) is 15.5. The number of nitrogens with zero attached hydrogens (tertiary/aromatic N) is 2. The summed E-state index contributed by atoms with van der Waals surface area (Å²) in [6.45, 7) is 3.03. The van der Waals surface area contributed by atoms with Crippen molar-refractivity contribution in [2.75, 3.05) is 0 Å². The molecule has 0 saturated carbocycles. The van der Waals surface area contributed by atoms with Crippen LogP contribution < -0.4 is 11.1 Å². The lowest BCUT2D eigenvalue weighted by atomic mass is 9.96. The Morgan fingerprint density at radius 1 is 1.69 bits per heavy atom. The summed E-state index contributed by atoms with van der Waals surface area (Å²) in [6, 6.07) is -0.0969. The topological polar surface area (TPSA) is 72.9 Å². The number of amides is 1. The van der Waals surface area contributed by atoms with E-state index in [2.05, 4.69) is 21.8 Å². The van der Waals surface area contributed by atoms with Crippen LogP contribution in [0, 0.1) is 0 Å². The number of carbonyl (C=O) groups excluding carboxylic acids is 1. The number of hydrogen-bond acceptors (Lipinski definition) is 3. The number of piperidine rings is 1. The number of nitrogens with two attached hydrogens (primary N) is 1. The summed E-state index contributed by atoms with van der Waals surface area (Å²) < 4.78 is 2.07. The van der Waals surface area contributed by atoms with Crippen LogP contribution in [0.15, 0.2) is 12.5 Å². The second-order valence-corrected chi connectivity index (χ2v) is 4.26. The third kappa shape index (κ3) is 2.09. The van der Waals surface area contributed by atoms with Gasteiger partial charge in [-0.1, -0.05) is 6.92 Å². The van der Waals surface area contributed by atoms with Crippen molar-refractivity contribution in [2.45, 2.75) is 44.8 Å². The highest BCUT2D eigenvalue weighted by Gasteiger charge is 2.29. The molecule has 2 atom stereocenters. The van der Waals surface area contributed by atoms with E-state index in [1.165, 1.54) is 0 Å². The Morgan fingerprint density at radius 3 is 3.25 bits per heavy atom. The lowest BCUT2D eigenvalue weighted by Gasteiger charge is -2.30. The van der Waals surface area contributed by atoms with E-state index in [1.807, 2.05) is 0 Å². The van der Waals surface area contributed by atoms with E-state index in [0.29, 0.717) is 6.42 Å². The molecule has 2 heterocycles. The zero-order valence-corrected chi connectivity index (χ0v) is 9.52. The third-order valence-corrected chi connectivity index (χ3v) is 2.98. The van der Waals surface area contributed by atoms with Crippen molar-refractivity contribution in [3.63, 3.8) is 0 Å². The molecule has 0 radical (unpaired) electrons. The molecule has 0 aliphatic carbocycles. The van der Waals surface area contributed by atoms with Gasteiger partial charge in [0.05, 0.1) is 24.3 Å². The number of aromatic nitrogens is 2. The molecule has 1 amide bonds. The molecule has 88 valence electrons. The predicted molar refractivity (Wildman–Crippen MR) is 60.6 cm³/mol. The molecule has 1 saturated heterocycles. The van der Waals surface area contributed by atoms with Gasteiger partial charge in [-0.2, -0.15) is 0 Å². The molecule has 2 rings (SSSR count). The Morgan fingerprint density at radius 2 is 2.50 bits per heavy atom. The molecular weight excluding hydrogens is 204 g/mol. The van der Waals surface area contributed by atoms with Gasteiger partial charge in [-0.05, 0) is 12.8 Å². The summed E-state index contributed by atoms with van der Waals surface area (Å²) >= 11 is 0. The largest absolute Gasteiger partial charge is 0.346 e. The molecule has 3 N–H and O–H groups in total. The first kappa shape index (κ1) is 11.1. The van der Waals surface area contributed by atoms with E-state index in [4.69, 9.17) is 5.73 Å². The van der Waals surface area contributed by atoms with Crippen LogP contribution in [0.1, 0.15) is 37.9 Å². The Bertz CT molecular complexity index is 374. The van der Waals surface area contributed by atoms with Gasteiger partial charge >= 0.3 is 0 Å². The van der Waals surface area contributed by atoms with Gasteiger partial charge in [0.2, 0.25) is 5.91 Å². The van der Waals surface area contributed by atoms with Crippen molar-refractivity contribution < 1.29 is 4.79 Å². The molecule has 0 spiro atoms. The van der Waals surface area contributed by atoms with E-state index in [-0.39, 0.29) is 18.0 Å². The lowest BCUT2D eigenvalue weighted by Crippen LogP contribution is -2.46. The van der Waals surface area contributed by atoms with Crippen LogP contribution in [-0.2, 0) is 11.3 Å². The molecule has 16 heavy (non-hydrogen) atoms. The third-order valence-electron chi connectivity index (χ3n) is 2.98. The number of nitrogens with one attached hydrogen (secondary N) is 1. The first-order valence-electron chi connectivity index (χ1n) is 5.77. The molecule has 5 nitrogen and oxygen atoms in total. The van der Waals surface area contributed by atoms with Crippen LogP contribution in [0.3, 0.4) is 0 Å². The van der Waals surface area contributed by atoms with E-state index < -0.39 is 0 Å². The molecule has 2 unspecified atom stereocenters. The fourth-order valence-corrected chi connectivity index (χ4v) is 2.13. The van der Waals surface area contributed by atoms with Gasteiger partial charge in [-0.15, -0.1) is 0 Å². The summed E-state index contributed by atoms with van der Waals surface area (Å²) in [5.74, 6) is 0.0796. The molecule has 1 aliphatic heterocycles. The Hall–Kier alpha value is -1.36. The van der Waals surface area contributed by atoms with Crippen LogP contribution in [0.2, 0.25) is 0 Å². The van der Waals surface area contributed by atoms with Gasteiger partial charge in [0.1, 0.15) is 0 Å². The smallest absolute Gasteiger partial charge is 0.220 e. The summed E-state index contributed by atoms with van der Waals surface area (Å²) in [5, 5.41) is 2.94. The predicted octanol–water partition coefficient (Wildman–Crippen LogP) is 0.571. The molecule has 5 heteroatoms. The number of rotatable bonds is 3. The average Bonchev–Trinajstić information content (AvgIpc) is 2.70. The monoisotopic (exact) mass is 222 g/mol. The molecule has 1 aliphatic rings. The number of aryl methyl sites for hydroxylation is 1. The molecule has 0 aromatic carbocycles.